The van der Waals surface area contributed by atoms with E-state index in [1.807, 2.05) is 13.1 Å². The van der Waals surface area contributed by atoms with Crippen molar-refractivity contribution >= 4 is 11.9 Å². The first-order valence-corrected chi connectivity index (χ1v) is 10.8. The van der Waals surface area contributed by atoms with E-state index < -0.39 is 0 Å². The first-order chi connectivity index (χ1) is 13.2. The van der Waals surface area contributed by atoms with Crippen molar-refractivity contribution in [3.05, 3.63) is 17.5 Å². The largest absolute Gasteiger partial charge is 0.356 e. The first kappa shape index (κ1) is 20.1. The van der Waals surface area contributed by atoms with Crippen molar-refractivity contribution in [3.8, 4) is 0 Å². The summed E-state index contributed by atoms with van der Waals surface area (Å²) in [4.78, 5) is 26.1. The van der Waals surface area contributed by atoms with Gasteiger partial charge in [-0.1, -0.05) is 20.3 Å². The van der Waals surface area contributed by atoms with E-state index in [1.165, 1.54) is 24.8 Å². The van der Waals surface area contributed by atoms with E-state index in [1.54, 1.807) is 0 Å². The predicted molar refractivity (Wildman–Crippen MR) is 109 cm³/mol. The number of anilines is 1. The standard InChI is InChI=1S/C21H35N5O/c1-3-7-20(27)22-11-6-10-19-17(4-2)16-23-21(24-19)26-14-12-25(13-15-26)18-8-5-9-18/h16,18H,3-15H2,1-2H3,(H,22,27). The number of hydrogen-bond donors (Lipinski definition) is 1. The van der Waals surface area contributed by atoms with E-state index in [0.717, 1.165) is 76.1 Å². The van der Waals surface area contributed by atoms with Crippen LogP contribution in [-0.4, -0.2) is 59.5 Å². The van der Waals surface area contributed by atoms with Gasteiger partial charge in [-0.25, -0.2) is 9.97 Å². The second-order valence-electron chi connectivity index (χ2n) is 7.81. The molecule has 1 aromatic rings. The Balaban J connectivity index is 1.52. The highest BCUT2D eigenvalue weighted by Crippen LogP contribution is 2.26. The fourth-order valence-corrected chi connectivity index (χ4v) is 3.93. The molecule has 2 heterocycles. The van der Waals surface area contributed by atoms with Crippen LogP contribution in [0.5, 0.6) is 0 Å². The summed E-state index contributed by atoms with van der Waals surface area (Å²) < 4.78 is 0. The van der Waals surface area contributed by atoms with Crippen LogP contribution in [0, 0.1) is 0 Å². The minimum absolute atomic E-state index is 0.154. The van der Waals surface area contributed by atoms with Crippen LogP contribution in [0.1, 0.15) is 63.6 Å². The number of piperazine rings is 1. The lowest BCUT2D eigenvalue weighted by molar-refractivity contribution is -0.121. The molecule has 0 spiro atoms. The molecule has 1 saturated heterocycles. The Morgan fingerprint density at radius 3 is 2.63 bits per heavy atom. The van der Waals surface area contributed by atoms with Gasteiger partial charge in [0.2, 0.25) is 11.9 Å². The van der Waals surface area contributed by atoms with E-state index in [4.69, 9.17) is 4.98 Å². The molecule has 3 rings (SSSR count). The second kappa shape index (κ2) is 10.0. The highest BCUT2D eigenvalue weighted by molar-refractivity contribution is 5.75. The van der Waals surface area contributed by atoms with E-state index in [-0.39, 0.29) is 5.91 Å². The summed E-state index contributed by atoms with van der Waals surface area (Å²) in [5.74, 6) is 1.03. The molecular formula is C21H35N5O. The topological polar surface area (TPSA) is 61.4 Å². The summed E-state index contributed by atoms with van der Waals surface area (Å²) in [6, 6.07) is 0.828. The molecule has 1 N–H and O–H groups in total. The van der Waals surface area contributed by atoms with Gasteiger partial charge in [-0.2, -0.15) is 0 Å². The van der Waals surface area contributed by atoms with Crippen LogP contribution in [0.25, 0.3) is 0 Å². The highest BCUT2D eigenvalue weighted by atomic mass is 16.1. The average Bonchev–Trinajstić information content (AvgIpc) is 2.64. The molecule has 150 valence electrons. The maximum atomic E-state index is 11.6. The zero-order valence-corrected chi connectivity index (χ0v) is 17.0. The van der Waals surface area contributed by atoms with Crippen molar-refractivity contribution in [3.63, 3.8) is 0 Å². The summed E-state index contributed by atoms with van der Waals surface area (Å²) in [5.41, 5.74) is 2.38. The maximum absolute atomic E-state index is 11.6. The van der Waals surface area contributed by atoms with E-state index in [2.05, 4.69) is 27.0 Å². The molecule has 2 aliphatic rings. The van der Waals surface area contributed by atoms with Crippen LogP contribution in [-0.2, 0) is 17.6 Å². The first-order valence-electron chi connectivity index (χ1n) is 10.8. The van der Waals surface area contributed by atoms with Gasteiger partial charge < -0.3 is 10.2 Å². The molecular weight excluding hydrogens is 338 g/mol. The number of hydrogen-bond acceptors (Lipinski definition) is 5. The average molecular weight is 374 g/mol. The summed E-state index contributed by atoms with van der Waals surface area (Å²) in [6.45, 7) is 9.21. The van der Waals surface area contributed by atoms with Crippen LogP contribution < -0.4 is 10.2 Å². The van der Waals surface area contributed by atoms with Crippen molar-refractivity contribution in [2.45, 2.75) is 71.3 Å². The van der Waals surface area contributed by atoms with Crippen molar-refractivity contribution in [2.75, 3.05) is 37.6 Å². The predicted octanol–water partition coefficient (Wildman–Crippen LogP) is 2.56. The Bertz CT molecular complexity index is 609. The molecule has 1 amide bonds. The number of carbonyl (C=O) groups is 1. The number of rotatable bonds is 9. The molecule has 1 aliphatic heterocycles. The van der Waals surface area contributed by atoms with Crippen LogP contribution in [0.3, 0.4) is 0 Å². The lowest BCUT2D eigenvalue weighted by atomic mass is 9.91. The van der Waals surface area contributed by atoms with Gasteiger partial charge in [0.05, 0.1) is 0 Å². The molecule has 1 saturated carbocycles. The Labute approximate surface area is 163 Å². The van der Waals surface area contributed by atoms with Gasteiger partial charge in [-0.3, -0.25) is 9.69 Å². The smallest absolute Gasteiger partial charge is 0.225 e. The van der Waals surface area contributed by atoms with Crippen molar-refractivity contribution in [1.82, 2.24) is 20.2 Å². The fraction of sp³-hybridized carbons (Fsp3) is 0.762. The zero-order chi connectivity index (χ0) is 19.1. The quantitative estimate of drug-likeness (QED) is 0.674. The van der Waals surface area contributed by atoms with Crippen LogP contribution in [0.2, 0.25) is 0 Å². The van der Waals surface area contributed by atoms with Gasteiger partial charge in [-0.15, -0.1) is 0 Å². The molecule has 1 aliphatic carbocycles. The molecule has 27 heavy (non-hydrogen) atoms. The normalized spacial score (nSPS) is 18.4. The molecule has 2 fully saturated rings. The van der Waals surface area contributed by atoms with Gasteiger partial charge in [0.25, 0.3) is 0 Å². The fourth-order valence-electron chi connectivity index (χ4n) is 3.93. The third kappa shape index (κ3) is 5.41. The number of amides is 1. The number of nitrogens with one attached hydrogen (secondary N) is 1. The van der Waals surface area contributed by atoms with E-state index in [9.17, 15) is 4.79 Å². The van der Waals surface area contributed by atoms with E-state index >= 15 is 0 Å². The Kier molecular flexibility index (Phi) is 7.44. The highest BCUT2D eigenvalue weighted by Gasteiger charge is 2.28. The van der Waals surface area contributed by atoms with Crippen molar-refractivity contribution in [1.29, 1.82) is 0 Å². The molecule has 0 unspecified atom stereocenters. The lowest BCUT2D eigenvalue weighted by Crippen LogP contribution is -2.52. The molecule has 6 nitrogen and oxygen atoms in total. The van der Waals surface area contributed by atoms with Gasteiger partial charge in [-0.05, 0) is 44.1 Å². The molecule has 0 atom stereocenters. The zero-order valence-electron chi connectivity index (χ0n) is 17.0. The summed E-state index contributed by atoms with van der Waals surface area (Å²) in [7, 11) is 0. The molecule has 0 radical (unpaired) electrons. The Morgan fingerprint density at radius 1 is 1.22 bits per heavy atom. The second-order valence-corrected chi connectivity index (χ2v) is 7.81. The number of nitrogens with zero attached hydrogens (tertiary/aromatic N) is 4. The third-order valence-corrected chi connectivity index (χ3v) is 5.90. The van der Waals surface area contributed by atoms with Gasteiger partial charge in [0.15, 0.2) is 0 Å². The monoisotopic (exact) mass is 373 g/mol. The minimum Gasteiger partial charge on any atom is -0.356 e. The molecule has 6 heteroatoms. The van der Waals surface area contributed by atoms with Crippen molar-refractivity contribution in [2.24, 2.45) is 0 Å². The number of carbonyl (C=O) groups excluding carboxylic acids is 1. The summed E-state index contributed by atoms with van der Waals surface area (Å²) in [5, 5.41) is 3.00. The summed E-state index contributed by atoms with van der Waals surface area (Å²) >= 11 is 0. The van der Waals surface area contributed by atoms with Crippen LogP contribution in [0.15, 0.2) is 6.20 Å². The van der Waals surface area contributed by atoms with Crippen molar-refractivity contribution < 1.29 is 4.79 Å². The van der Waals surface area contributed by atoms with Gasteiger partial charge >= 0.3 is 0 Å². The lowest BCUT2D eigenvalue weighted by Gasteiger charge is -2.43. The third-order valence-electron chi connectivity index (χ3n) is 5.90. The van der Waals surface area contributed by atoms with Crippen LogP contribution >= 0.6 is 0 Å². The van der Waals surface area contributed by atoms with E-state index in [0.29, 0.717) is 6.42 Å². The minimum atomic E-state index is 0.154. The van der Waals surface area contributed by atoms with Gasteiger partial charge in [0, 0.05) is 57.1 Å². The molecule has 1 aromatic heterocycles. The van der Waals surface area contributed by atoms with Gasteiger partial charge in [0.1, 0.15) is 0 Å². The maximum Gasteiger partial charge on any atom is 0.225 e. The van der Waals surface area contributed by atoms with Crippen LogP contribution in [0.4, 0.5) is 5.95 Å². The number of aryl methyl sites for hydroxylation is 2. The summed E-state index contributed by atoms with van der Waals surface area (Å²) in [6.07, 6.45) is 10.4. The number of aromatic nitrogens is 2. The molecule has 0 bridgehead atoms. The molecule has 0 aromatic carbocycles. The Hall–Kier alpha value is -1.69. The Morgan fingerprint density at radius 2 is 2.00 bits per heavy atom. The SMILES string of the molecule is CCCC(=O)NCCCc1nc(N2CCN(C3CCC3)CC2)ncc1CC.